The van der Waals surface area contributed by atoms with Crippen LogP contribution in [-0.4, -0.2) is 59.4 Å². The Kier molecular flexibility index (Phi) is 24.9. The van der Waals surface area contributed by atoms with Gasteiger partial charge in [0, 0.05) is 0 Å². The van der Waals surface area contributed by atoms with Crippen LogP contribution in [0.2, 0.25) is 0 Å². The Morgan fingerprint density at radius 1 is 0.778 bits per heavy atom. The summed E-state index contributed by atoms with van der Waals surface area (Å²) in [5, 5.41) is 9.21. The topological polar surface area (TPSA) is 72.5 Å². The van der Waals surface area contributed by atoms with Crippen molar-refractivity contribution in [1.82, 2.24) is 0 Å². The third kappa shape index (κ3) is 20.9. The fourth-order valence-electron chi connectivity index (χ4n) is 3.12. The van der Waals surface area contributed by atoms with Crippen LogP contribution in [-0.2, 0) is 9.53 Å². The number of ether oxygens (including phenoxy) is 1. The molecule has 0 aliphatic carbocycles. The molecule has 27 heavy (non-hydrogen) atoms. The van der Waals surface area contributed by atoms with Crippen LogP contribution in [0.25, 0.3) is 0 Å². The molecule has 0 bridgehead atoms. The normalized spacial score (nSPS) is 13.0. The number of rotatable bonds is 19. The van der Waals surface area contributed by atoms with Crippen molar-refractivity contribution in [1.29, 1.82) is 0 Å². The van der Waals surface area contributed by atoms with Gasteiger partial charge in [-0.25, -0.2) is 0 Å². The van der Waals surface area contributed by atoms with E-state index in [9.17, 15) is 9.90 Å². The number of aliphatic hydroxyl groups is 1. The van der Waals surface area contributed by atoms with Crippen LogP contribution in [0.3, 0.4) is 0 Å². The van der Waals surface area contributed by atoms with E-state index in [0.717, 1.165) is 12.8 Å². The van der Waals surface area contributed by atoms with Crippen LogP contribution >= 0.6 is 0 Å². The summed E-state index contributed by atoms with van der Waals surface area (Å²) in [5.74, 6) is -0.499. The molecule has 0 aromatic heterocycles. The molecule has 0 amide bonds. The Bertz CT molecular complexity index is 314. The van der Waals surface area contributed by atoms with Crippen LogP contribution in [0.15, 0.2) is 0 Å². The summed E-state index contributed by atoms with van der Waals surface area (Å²) in [5.41, 5.74) is 5.51. The molecule has 0 aliphatic heterocycles. The van der Waals surface area contributed by atoms with E-state index >= 15 is 0 Å². The second-order valence-corrected chi connectivity index (χ2v) is 7.74. The zero-order valence-corrected chi connectivity index (χ0v) is 17.5. The molecule has 5 heteroatoms. The average Bonchev–Trinajstić information content (AvgIpc) is 2.63. The van der Waals surface area contributed by atoms with E-state index in [-0.39, 0.29) is 29.6 Å². The Hall–Kier alpha value is 0.390. The first-order valence-electron chi connectivity index (χ1n) is 11.2. The van der Waals surface area contributed by atoms with Crippen molar-refractivity contribution in [2.75, 3.05) is 6.61 Å². The van der Waals surface area contributed by atoms with Gasteiger partial charge in [-0.2, -0.15) is 0 Å². The van der Waals surface area contributed by atoms with Gasteiger partial charge in [0.05, 0.1) is 12.7 Å². The molecule has 0 aromatic carbocycles. The monoisotopic (exact) mass is 395 g/mol. The number of aliphatic hydroxyl groups excluding tert-OH is 1. The summed E-state index contributed by atoms with van der Waals surface area (Å²) in [6.07, 6.45) is 20.4. The molecule has 4 nitrogen and oxygen atoms in total. The molecular formula is C22H46NNaO3. The third-order valence-corrected chi connectivity index (χ3v) is 5.03. The molecule has 0 unspecified atom stereocenters. The van der Waals surface area contributed by atoms with Crippen molar-refractivity contribution in [3.63, 3.8) is 0 Å². The second-order valence-electron chi connectivity index (χ2n) is 7.74. The number of esters is 1. The summed E-state index contributed by atoms with van der Waals surface area (Å²) in [6.45, 7) is 4.19. The molecule has 0 radical (unpaired) electrons. The Balaban J connectivity index is 0. The molecule has 0 fully saturated rings. The molecule has 0 rings (SSSR count). The van der Waals surface area contributed by atoms with Crippen molar-refractivity contribution in [2.45, 2.75) is 129 Å². The van der Waals surface area contributed by atoms with Gasteiger partial charge in [0.1, 0.15) is 6.04 Å². The molecule has 0 heterocycles. The molecule has 158 valence electrons. The van der Waals surface area contributed by atoms with Gasteiger partial charge >= 0.3 is 35.5 Å². The first kappa shape index (κ1) is 29.6. The Labute approximate surface area is 190 Å². The van der Waals surface area contributed by atoms with E-state index in [2.05, 4.69) is 6.92 Å². The van der Waals surface area contributed by atoms with Crippen molar-refractivity contribution in [3.05, 3.63) is 0 Å². The minimum atomic E-state index is -0.920. The van der Waals surface area contributed by atoms with E-state index in [1.54, 1.807) is 0 Å². The Morgan fingerprint density at radius 2 is 1.11 bits per heavy atom. The number of hydrogen-bond donors (Lipinski definition) is 2. The standard InChI is InChI=1S/C22H45NO3.Na.H/c1-3-4-5-6-7-8-9-10-11-12-13-14-15-16-17-18-19-26-22(25)21(23)20(2)24;;/h20-21,24H,3-19,23H2,1-2H3;;/t20-,21+;;/m1../s1. The molecule has 3 N–H and O–H groups in total. The third-order valence-electron chi connectivity index (χ3n) is 5.03. The van der Waals surface area contributed by atoms with E-state index < -0.39 is 18.1 Å². The average molecular weight is 396 g/mol. The van der Waals surface area contributed by atoms with Crippen molar-refractivity contribution >= 4 is 35.5 Å². The van der Waals surface area contributed by atoms with Gasteiger partial charge in [-0.1, -0.05) is 103 Å². The summed E-state index contributed by atoms with van der Waals surface area (Å²) >= 11 is 0. The number of carbonyl (C=O) groups is 1. The summed E-state index contributed by atoms with van der Waals surface area (Å²) in [7, 11) is 0. The molecule has 0 saturated carbocycles. The summed E-state index contributed by atoms with van der Waals surface area (Å²) < 4.78 is 5.06. The van der Waals surface area contributed by atoms with Gasteiger partial charge < -0.3 is 15.6 Å². The maximum atomic E-state index is 11.4. The number of hydrogen-bond acceptors (Lipinski definition) is 4. The van der Waals surface area contributed by atoms with Gasteiger partial charge in [-0.15, -0.1) is 0 Å². The predicted molar refractivity (Wildman–Crippen MR) is 117 cm³/mol. The molecule has 2 atom stereocenters. The Morgan fingerprint density at radius 3 is 1.44 bits per heavy atom. The number of unbranched alkanes of at least 4 members (excludes halogenated alkanes) is 15. The summed E-state index contributed by atoms with van der Waals surface area (Å²) in [4.78, 5) is 11.4. The first-order valence-corrected chi connectivity index (χ1v) is 11.2. The quantitative estimate of drug-likeness (QED) is 0.186. The number of nitrogens with two attached hydrogens (primary N) is 1. The van der Waals surface area contributed by atoms with Crippen LogP contribution in [0.1, 0.15) is 117 Å². The fraction of sp³-hybridized carbons (Fsp3) is 0.955. The van der Waals surface area contributed by atoms with E-state index in [0.29, 0.717) is 6.61 Å². The van der Waals surface area contributed by atoms with Crippen molar-refractivity contribution in [2.24, 2.45) is 5.73 Å². The fourth-order valence-corrected chi connectivity index (χ4v) is 3.12. The second kappa shape index (κ2) is 22.7. The molecule has 0 aliphatic rings. The molecular weight excluding hydrogens is 349 g/mol. The van der Waals surface area contributed by atoms with E-state index in [1.807, 2.05) is 0 Å². The van der Waals surface area contributed by atoms with Gasteiger partial charge in [0.2, 0.25) is 0 Å². The number of carbonyl (C=O) groups excluding carboxylic acids is 1. The van der Waals surface area contributed by atoms with Crippen molar-refractivity contribution in [3.8, 4) is 0 Å². The van der Waals surface area contributed by atoms with E-state index in [1.165, 1.54) is 96.8 Å². The molecule has 0 saturated heterocycles. The van der Waals surface area contributed by atoms with Crippen LogP contribution in [0, 0.1) is 0 Å². The predicted octanol–water partition coefficient (Wildman–Crippen LogP) is 4.85. The van der Waals surface area contributed by atoms with Crippen molar-refractivity contribution < 1.29 is 14.6 Å². The van der Waals surface area contributed by atoms with Crippen LogP contribution in [0.4, 0.5) is 0 Å². The van der Waals surface area contributed by atoms with Gasteiger partial charge in [-0.3, -0.25) is 4.79 Å². The minimum absolute atomic E-state index is 0. The maximum absolute atomic E-state index is 11.4. The zero-order chi connectivity index (χ0) is 19.5. The first-order chi connectivity index (χ1) is 12.6. The van der Waals surface area contributed by atoms with Gasteiger partial charge in [-0.05, 0) is 13.3 Å². The zero-order valence-electron chi connectivity index (χ0n) is 17.5. The molecule has 0 aromatic rings. The van der Waals surface area contributed by atoms with E-state index in [4.69, 9.17) is 10.5 Å². The van der Waals surface area contributed by atoms with Crippen LogP contribution in [0.5, 0.6) is 0 Å². The SMILES string of the molecule is CCCCCCCCCCCCCCCCCCOC(=O)[C@@H](N)[C@@H](C)O.[NaH]. The molecule has 0 spiro atoms. The van der Waals surface area contributed by atoms with Crippen LogP contribution < -0.4 is 5.73 Å². The van der Waals surface area contributed by atoms with Gasteiger partial charge in [0.15, 0.2) is 0 Å². The summed E-state index contributed by atoms with van der Waals surface area (Å²) in [6, 6.07) is -0.920. The van der Waals surface area contributed by atoms with Gasteiger partial charge in [0.25, 0.3) is 0 Å².